The van der Waals surface area contributed by atoms with Gasteiger partial charge in [0.25, 0.3) is 5.91 Å². The number of nitrogens with one attached hydrogen (secondary N) is 1. The van der Waals surface area contributed by atoms with Gasteiger partial charge in [0.15, 0.2) is 0 Å². The first kappa shape index (κ1) is 9.42. The predicted molar refractivity (Wildman–Crippen MR) is 45.5 cm³/mol. The number of aliphatic hydroxyl groups is 1. The van der Waals surface area contributed by atoms with Crippen LogP contribution in [0.4, 0.5) is 4.79 Å². The number of β-amino-alcohol motifs (C(OH)–C–C–N with tert-alkyl or cyclic N) is 1. The first-order valence-electron chi connectivity index (χ1n) is 4.52. The summed E-state index contributed by atoms with van der Waals surface area (Å²) in [7, 11) is 0. The van der Waals surface area contributed by atoms with Gasteiger partial charge in [0.05, 0.1) is 19.8 Å². The Labute approximate surface area is 80.8 Å². The maximum atomic E-state index is 11.8. The molecule has 1 unspecified atom stereocenters. The van der Waals surface area contributed by atoms with E-state index in [-0.39, 0.29) is 25.7 Å². The number of carbonyl (C=O) groups excluding carboxylic acids is 2. The van der Waals surface area contributed by atoms with Gasteiger partial charge < -0.3 is 15.2 Å². The Morgan fingerprint density at radius 1 is 1.57 bits per heavy atom. The standard InChI is InChI=1S/C8H12N2O4/c11-3-2-10-6(12)8(9-7(10)13)1-4-14-5-8/h11H,1-5H2,(H,9,13). The zero-order chi connectivity index (χ0) is 10.2. The Balaban J connectivity index is 2.18. The van der Waals surface area contributed by atoms with E-state index in [4.69, 9.17) is 9.84 Å². The summed E-state index contributed by atoms with van der Waals surface area (Å²) in [6.07, 6.45) is 0.513. The molecule has 14 heavy (non-hydrogen) atoms. The van der Waals surface area contributed by atoms with Gasteiger partial charge in [-0.25, -0.2) is 4.79 Å². The highest BCUT2D eigenvalue weighted by Crippen LogP contribution is 2.26. The number of nitrogens with zero attached hydrogens (tertiary/aromatic N) is 1. The topological polar surface area (TPSA) is 78.9 Å². The minimum atomic E-state index is -0.855. The molecule has 2 aliphatic heterocycles. The molecule has 3 amide bonds. The van der Waals surface area contributed by atoms with Crippen molar-refractivity contribution in [3.63, 3.8) is 0 Å². The maximum absolute atomic E-state index is 11.8. The van der Waals surface area contributed by atoms with Crippen LogP contribution in [0.15, 0.2) is 0 Å². The lowest BCUT2D eigenvalue weighted by molar-refractivity contribution is -0.131. The molecule has 2 N–H and O–H groups in total. The van der Waals surface area contributed by atoms with E-state index in [1.165, 1.54) is 0 Å². The molecule has 2 fully saturated rings. The van der Waals surface area contributed by atoms with Crippen molar-refractivity contribution in [2.45, 2.75) is 12.0 Å². The molecule has 1 atom stereocenters. The molecule has 0 aliphatic carbocycles. The number of carbonyl (C=O) groups is 2. The van der Waals surface area contributed by atoms with Gasteiger partial charge in [-0.1, -0.05) is 0 Å². The molecular formula is C8H12N2O4. The van der Waals surface area contributed by atoms with Crippen molar-refractivity contribution < 1.29 is 19.4 Å². The number of hydrogen-bond donors (Lipinski definition) is 2. The predicted octanol–water partition coefficient (Wildman–Crippen LogP) is -1.31. The number of hydrogen-bond acceptors (Lipinski definition) is 4. The van der Waals surface area contributed by atoms with Gasteiger partial charge in [-0.2, -0.15) is 0 Å². The molecule has 0 aromatic rings. The van der Waals surface area contributed by atoms with Crippen LogP contribution in [0.3, 0.4) is 0 Å². The Hall–Kier alpha value is -1.14. The summed E-state index contributed by atoms with van der Waals surface area (Å²) in [5, 5.41) is 11.3. The number of aliphatic hydroxyl groups excluding tert-OH is 1. The molecular weight excluding hydrogens is 188 g/mol. The number of urea groups is 1. The molecule has 2 heterocycles. The lowest BCUT2D eigenvalue weighted by Gasteiger charge is -2.17. The molecule has 2 aliphatic rings. The highest BCUT2D eigenvalue weighted by Gasteiger charge is 2.53. The average molecular weight is 200 g/mol. The molecule has 0 saturated carbocycles. The van der Waals surface area contributed by atoms with Crippen molar-refractivity contribution in [1.82, 2.24) is 10.2 Å². The Morgan fingerprint density at radius 3 is 2.93 bits per heavy atom. The van der Waals surface area contributed by atoms with Gasteiger partial charge in [0, 0.05) is 13.0 Å². The molecule has 78 valence electrons. The van der Waals surface area contributed by atoms with Gasteiger partial charge in [-0.3, -0.25) is 9.69 Å². The third-order valence-corrected chi connectivity index (χ3v) is 2.59. The maximum Gasteiger partial charge on any atom is 0.325 e. The molecule has 0 radical (unpaired) electrons. The molecule has 2 saturated heterocycles. The summed E-state index contributed by atoms with van der Waals surface area (Å²) in [4.78, 5) is 24.2. The number of imide groups is 1. The minimum absolute atomic E-state index is 0.0480. The summed E-state index contributed by atoms with van der Waals surface area (Å²) in [6.45, 7) is 0.557. The van der Waals surface area contributed by atoms with E-state index in [2.05, 4.69) is 5.32 Å². The van der Waals surface area contributed by atoms with Crippen molar-refractivity contribution in [3.05, 3.63) is 0 Å². The second kappa shape index (κ2) is 3.21. The zero-order valence-electron chi connectivity index (χ0n) is 7.65. The van der Waals surface area contributed by atoms with Crippen LogP contribution >= 0.6 is 0 Å². The zero-order valence-corrected chi connectivity index (χ0v) is 7.65. The molecule has 0 aromatic carbocycles. The fourth-order valence-corrected chi connectivity index (χ4v) is 1.81. The third kappa shape index (κ3) is 1.18. The normalized spacial score (nSPS) is 31.6. The number of rotatable bonds is 2. The second-order valence-electron chi connectivity index (χ2n) is 3.50. The van der Waals surface area contributed by atoms with E-state index in [1.807, 2.05) is 0 Å². The first-order valence-corrected chi connectivity index (χ1v) is 4.52. The van der Waals surface area contributed by atoms with Crippen molar-refractivity contribution >= 4 is 11.9 Å². The molecule has 0 bridgehead atoms. The molecule has 0 aromatic heterocycles. The van der Waals surface area contributed by atoms with Gasteiger partial charge in [0.1, 0.15) is 5.54 Å². The molecule has 6 nitrogen and oxygen atoms in total. The van der Waals surface area contributed by atoms with Crippen molar-refractivity contribution in [2.75, 3.05) is 26.4 Å². The second-order valence-corrected chi connectivity index (χ2v) is 3.50. The minimum Gasteiger partial charge on any atom is -0.395 e. The first-order chi connectivity index (χ1) is 6.69. The monoisotopic (exact) mass is 200 g/mol. The summed E-state index contributed by atoms with van der Waals surface area (Å²) >= 11 is 0. The largest absolute Gasteiger partial charge is 0.395 e. The summed E-state index contributed by atoms with van der Waals surface area (Å²) in [5.74, 6) is -0.283. The van der Waals surface area contributed by atoms with E-state index in [9.17, 15) is 9.59 Å². The van der Waals surface area contributed by atoms with E-state index in [1.54, 1.807) is 0 Å². The van der Waals surface area contributed by atoms with Crippen LogP contribution in [0.25, 0.3) is 0 Å². The Morgan fingerprint density at radius 2 is 2.36 bits per heavy atom. The van der Waals surface area contributed by atoms with E-state index >= 15 is 0 Å². The highest BCUT2D eigenvalue weighted by atomic mass is 16.5. The third-order valence-electron chi connectivity index (χ3n) is 2.59. The summed E-state index contributed by atoms with van der Waals surface area (Å²) < 4.78 is 5.10. The number of amides is 3. The average Bonchev–Trinajstić information content (AvgIpc) is 2.69. The Kier molecular flexibility index (Phi) is 2.16. The highest BCUT2D eigenvalue weighted by molar-refractivity contribution is 6.07. The van der Waals surface area contributed by atoms with Crippen molar-refractivity contribution in [2.24, 2.45) is 0 Å². The van der Waals surface area contributed by atoms with Crippen LogP contribution in [0.1, 0.15) is 6.42 Å². The molecule has 2 rings (SSSR count). The van der Waals surface area contributed by atoms with Crippen molar-refractivity contribution in [3.8, 4) is 0 Å². The van der Waals surface area contributed by atoms with Gasteiger partial charge in [0.2, 0.25) is 0 Å². The fourth-order valence-electron chi connectivity index (χ4n) is 1.81. The SMILES string of the molecule is O=C1NC2(CCOC2)C(=O)N1CCO. The van der Waals surface area contributed by atoms with Crippen LogP contribution in [0.2, 0.25) is 0 Å². The Bertz CT molecular complexity index is 273. The van der Waals surface area contributed by atoms with E-state index in [0.717, 1.165) is 4.90 Å². The summed E-state index contributed by atoms with van der Waals surface area (Å²) in [6, 6.07) is -0.436. The van der Waals surface area contributed by atoms with Crippen LogP contribution in [0.5, 0.6) is 0 Å². The number of ether oxygens (including phenoxy) is 1. The van der Waals surface area contributed by atoms with Crippen LogP contribution < -0.4 is 5.32 Å². The smallest absolute Gasteiger partial charge is 0.325 e. The van der Waals surface area contributed by atoms with Gasteiger partial charge >= 0.3 is 6.03 Å². The quantitative estimate of drug-likeness (QED) is 0.542. The van der Waals surface area contributed by atoms with E-state index < -0.39 is 11.6 Å². The molecule has 6 heteroatoms. The van der Waals surface area contributed by atoms with E-state index in [0.29, 0.717) is 13.0 Å². The van der Waals surface area contributed by atoms with Crippen LogP contribution in [-0.4, -0.2) is 53.8 Å². The fraction of sp³-hybridized carbons (Fsp3) is 0.750. The summed E-state index contributed by atoms with van der Waals surface area (Å²) in [5.41, 5.74) is -0.855. The molecule has 1 spiro atoms. The van der Waals surface area contributed by atoms with Gasteiger partial charge in [-0.15, -0.1) is 0 Å². The van der Waals surface area contributed by atoms with Crippen molar-refractivity contribution in [1.29, 1.82) is 0 Å². The van der Waals surface area contributed by atoms with Gasteiger partial charge in [-0.05, 0) is 0 Å². The lowest BCUT2D eigenvalue weighted by Crippen LogP contribution is -2.47. The van der Waals surface area contributed by atoms with Crippen LogP contribution in [0, 0.1) is 0 Å². The van der Waals surface area contributed by atoms with Crippen LogP contribution in [-0.2, 0) is 9.53 Å². The lowest BCUT2D eigenvalue weighted by atomic mass is 9.99.